The normalized spacial score (nSPS) is 19.9. The summed E-state index contributed by atoms with van der Waals surface area (Å²) in [5.74, 6) is 0.533. The van der Waals surface area contributed by atoms with E-state index in [0.717, 1.165) is 5.56 Å². The van der Waals surface area contributed by atoms with Gasteiger partial charge in [-0.3, -0.25) is 4.90 Å². The Hall–Kier alpha value is -1.81. The molecule has 1 aliphatic heterocycles. The van der Waals surface area contributed by atoms with E-state index in [1.807, 2.05) is 6.07 Å². The lowest BCUT2D eigenvalue weighted by molar-refractivity contribution is -0.143. The molecule has 0 saturated carbocycles. The second-order valence-electron chi connectivity index (χ2n) is 4.95. The number of alkyl halides is 3. The molecule has 1 aromatic heterocycles. The van der Waals surface area contributed by atoms with Crippen molar-refractivity contribution < 1.29 is 13.2 Å². The Balaban J connectivity index is 1.94. The molecule has 0 spiro atoms. The predicted molar refractivity (Wildman–Crippen MR) is 68.2 cm³/mol. The zero-order valence-corrected chi connectivity index (χ0v) is 11.0. The molecule has 4 nitrogen and oxygen atoms in total. The van der Waals surface area contributed by atoms with Crippen LogP contribution in [0.15, 0.2) is 12.1 Å². The standard InChI is InChI=1S/C13H15F3N4/c1-9-2-3-12(19-11(9)6-17)18-10-4-5-20(7-10)8-13(14,15)16/h2-3,10H,4-5,7-8H2,1H3,(H,18,19). The highest BCUT2D eigenvalue weighted by Crippen LogP contribution is 2.21. The van der Waals surface area contributed by atoms with Gasteiger partial charge in [0.2, 0.25) is 0 Å². The number of rotatable bonds is 3. The molecule has 1 atom stereocenters. The van der Waals surface area contributed by atoms with Crippen LogP contribution in [0.2, 0.25) is 0 Å². The number of hydrogen-bond acceptors (Lipinski definition) is 4. The minimum absolute atomic E-state index is 0.0703. The number of aryl methyl sites for hydroxylation is 1. The van der Waals surface area contributed by atoms with Crippen molar-refractivity contribution in [3.8, 4) is 6.07 Å². The minimum Gasteiger partial charge on any atom is -0.366 e. The number of anilines is 1. The fourth-order valence-electron chi connectivity index (χ4n) is 2.28. The lowest BCUT2D eigenvalue weighted by Crippen LogP contribution is -2.34. The monoisotopic (exact) mass is 284 g/mol. The van der Waals surface area contributed by atoms with E-state index in [2.05, 4.69) is 10.3 Å². The Morgan fingerprint density at radius 2 is 2.25 bits per heavy atom. The van der Waals surface area contributed by atoms with Crippen molar-refractivity contribution in [1.29, 1.82) is 5.26 Å². The van der Waals surface area contributed by atoms with Crippen molar-refractivity contribution >= 4 is 5.82 Å². The van der Waals surface area contributed by atoms with Crippen molar-refractivity contribution in [2.75, 3.05) is 25.0 Å². The predicted octanol–water partition coefficient (Wildman–Crippen LogP) is 2.31. The number of pyridine rings is 1. The molecule has 1 aromatic rings. The number of nitrogens with zero attached hydrogens (tertiary/aromatic N) is 3. The van der Waals surface area contributed by atoms with Crippen LogP contribution < -0.4 is 5.32 Å². The summed E-state index contributed by atoms with van der Waals surface area (Å²) < 4.78 is 36.9. The lowest BCUT2D eigenvalue weighted by atomic mass is 10.2. The van der Waals surface area contributed by atoms with Crippen LogP contribution in [0.25, 0.3) is 0 Å². The van der Waals surface area contributed by atoms with Crippen LogP contribution in [0.4, 0.5) is 19.0 Å². The molecule has 0 amide bonds. The summed E-state index contributed by atoms with van der Waals surface area (Å²) >= 11 is 0. The van der Waals surface area contributed by atoms with E-state index >= 15 is 0 Å². The van der Waals surface area contributed by atoms with Gasteiger partial charge < -0.3 is 5.32 Å². The van der Waals surface area contributed by atoms with Gasteiger partial charge in [-0.25, -0.2) is 4.98 Å². The van der Waals surface area contributed by atoms with Crippen molar-refractivity contribution in [3.05, 3.63) is 23.4 Å². The van der Waals surface area contributed by atoms with Crippen LogP contribution in [-0.2, 0) is 0 Å². The average Bonchev–Trinajstić information content (AvgIpc) is 2.76. The number of halogens is 3. The highest BCUT2D eigenvalue weighted by atomic mass is 19.4. The molecular weight excluding hydrogens is 269 g/mol. The second kappa shape index (κ2) is 5.67. The zero-order chi connectivity index (χ0) is 14.8. The molecule has 108 valence electrons. The van der Waals surface area contributed by atoms with Gasteiger partial charge in [-0.15, -0.1) is 0 Å². The van der Waals surface area contributed by atoms with Crippen molar-refractivity contribution in [2.45, 2.75) is 25.6 Å². The second-order valence-corrected chi connectivity index (χ2v) is 4.95. The molecule has 1 aliphatic rings. The van der Waals surface area contributed by atoms with Gasteiger partial charge in [0.1, 0.15) is 17.6 Å². The van der Waals surface area contributed by atoms with E-state index < -0.39 is 12.7 Å². The van der Waals surface area contributed by atoms with Gasteiger partial charge in [-0.05, 0) is 25.0 Å². The summed E-state index contributed by atoms with van der Waals surface area (Å²) in [4.78, 5) is 5.51. The Labute approximate surface area is 115 Å². The summed E-state index contributed by atoms with van der Waals surface area (Å²) in [6, 6.07) is 5.43. The molecule has 0 aliphatic carbocycles. The molecule has 1 saturated heterocycles. The van der Waals surface area contributed by atoms with Crippen LogP contribution in [0.5, 0.6) is 0 Å². The molecule has 0 radical (unpaired) electrons. The highest BCUT2D eigenvalue weighted by molar-refractivity contribution is 5.43. The summed E-state index contributed by atoms with van der Waals surface area (Å²) in [7, 11) is 0. The number of likely N-dealkylation sites (tertiary alicyclic amines) is 1. The third-order valence-corrected chi connectivity index (χ3v) is 3.23. The lowest BCUT2D eigenvalue weighted by Gasteiger charge is -2.18. The van der Waals surface area contributed by atoms with Crippen LogP contribution in [0, 0.1) is 18.3 Å². The third-order valence-electron chi connectivity index (χ3n) is 3.23. The van der Waals surface area contributed by atoms with E-state index in [1.54, 1.807) is 19.1 Å². The molecule has 0 bridgehead atoms. The molecule has 1 unspecified atom stereocenters. The van der Waals surface area contributed by atoms with Crippen molar-refractivity contribution in [1.82, 2.24) is 9.88 Å². The van der Waals surface area contributed by atoms with E-state index in [9.17, 15) is 13.2 Å². The third kappa shape index (κ3) is 3.84. The Morgan fingerprint density at radius 1 is 1.50 bits per heavy atom. The summed E-state index contributed by atoms with van der Waals surface area (Å²) in [6.07, 6.45) is -3.53. The number of hydrogen-bond donors (Lipinski definition) is 1. The quantitative estimate of drug-likeness (QED) is 0.925. The van der Waals surface area contributed by atoms with Crippen LogP contribution in [0.1, 0.15) is 17.7 Å². The molecular formula is C13H15F3N4. The molecule has 1 fully saturated rings. The summed E-state index contributed by atoms with van der Waals surface area (Å²) in [5.41, 5.74) is 1.11. The van der Waals surface area contributed by atoms with Crippen LogP contribution in [0.3, 0.4) is 0 Å². The van der Waals surface area contributed by atoms with Gasteiger partial charge in [-0.1, -0.05) is 6.07 Å². The topological polar surface area (TPSA) is 52.0 Å². The number of nitrogens with one attached hydrogen (secondary N) is 1. The number of aromatic nitrogens is 1. The van der Waals surface area contributed by atoms with Gasteiger partial charge in [0.25, 0.3) is 0 Å². The van der Waals surface area contributed by atoms with Crippen molar-refractivity contribution in [3.63, 3.8) is 0 Å². The minimum atomic E-state index is -4.16. The van der Waals surface area contributed by atoms with Crippen LogP contribution >= 0.6 is 0 Å². The summed E-state index contributed by atoms with van der Waals surface area (Å²) in [6.45, 7) is 1.65. The Bertz CT molecular complexity index is 521. The smallest absolute Gasteiger partial charge is 0.366 e. The van der Waals surface area contributed by atoms with E-state index in [1.165, 1.54) is 4.90 Å². The largest absolute Gasteiger partial charge is 0.401 e. The number of nitriles is 1. The maximum Gasteiger partial charge on any atom is 0.401 e. The first-order chi connectivity index (χ1) is 9.37. The highest BCUT2D eigenvalue weighted by Gasteiger charge is 2.34. The molecule has 1 N–H and O–H groups in total. The molecule has 20 heavy (non-hydrogen) atoms. The Kier molecular flexibility index (Phi) is 4.14. The SMILES string of the molecule is Cc1ccc(NC2CCN(CC(F)(F)F)C2)nc1C#N. The zero-order valence-electron chi connectivity index (χ0n) is 11.0. The molecule has 7 heteroatoms. The maximum absolute atomic E-state index is 12.3. The Morgan fingerprint density at radius 3 is 2.90 bits per heavy atom. The molecule has 0 aromatic carbocycles. The van der Waals surface area contributed by atoms with Gasteiger partial charge in [0.15, 0.2) is 0 Å². The molecule has 2 rings (SSSR count). The fraction of sp³-hybridized carbons (Fsp3) is 0.538. The van der Waals surface area contributed by atoms with Gasteiger partial charge >= 0.3 is 6.18 Å². The van der Waals surface area contributed by atoms with E-state index in [-0.39, 0.29) is 6.04 Å². The van der Waals surface area contributed by atoms with Crippen LogP contribution in [-0.4, -0.2) is 41.7 Å². The summed E-state index contributed by atoms with van der Waals surface area (Å²) in [5, 5.41) is 12.0. The van der Waals surface area contributed by atoms with Gasteiger partial charge in [0.05, 0.1) is 6.54 Å². The fourth-order valence-corrected chi connectivity index (χ4v) is 2.28. The van der Waals surface area contributed by atoms with Gasteiger partial charge in [0, 0.05) is 19.1 Å². The average molecular weight is 284 g/mol. The first-order valence-corrected chi connectivity index (χ1v) is 6.31. The van der Waals surface area contributed by atoms with Crippen molar-refractivity contribution in [2.24, 2.45) is 0 Å². The maximum atomic E-state index is 12.3. The first-order valence-electron chi connectivity index (χ1n) is 6.31. The van der Waals surface area contributed by atoms with E-state index in [4.69, 9.17) is 5.26 Å². The van der Waals surface area contributed by atoms with Gasteiger partial charge in [-0.2, -0.15) is 18.4 Å². The van der Waals surface area contributed by atoms with E-state index in [0.29, 0.717) is 31.0 Å². The first kappa shape index (κ1) is 14.6. The molecule has 2 heterocycles.